The van der Waals surface area contributed by atoms with Gasteiger partial charge in [-0.1, -0.05) is 18.2 Å². The monoisotopic (exact) mass is 575 g/mol. The Morgan fingerprint density at radius 1 is 0.927 bits per heavy atom. The van der Waals surface area contributed by atoms with Gasteiger partial charge in [-0.25, -0.2) is 18.7 Å². The van der Waals surface area contributed by atoms with Crippen molar-refractivity contribution in [3.05, 3.63) is 96.2 Å². The van der Waals surface area contributed by atoms with Crippen LogP contribution in [0.4, 0.5) is 20.3 Å². The average molecular weight is 576 g/mol. The summed E-state index contributed by atoms with van der Waals surface area (Å²) in [5.41, 5.74) is 11.5. The van der Waals surface area contributed by atoms with E-state index in [1.165, 1.54) is 13.2 Å². The second-order valence-electron chi connectivity index (χ2n) is 8.66. The lowest BCUT2D eigenvalue weighted by molar-refractivity contribution is -0.180. The quantitative estimate of drug-likeness (QED) is 0.109. The summed E-state index contributed by atoms with van der Waals surface area (Å²) in [6, 6.07) is 20.5. The lowest BCUT2D eigenvalue weighted by atomic mass is 10.00. The summed E-state index contributed by atoms with van der Waals surface area (Å²) in [4.78, 5) is 30.6. The molecule has 0 spiro atoms. The number of thiol groups is 1. The maximum absolute atomic E-state index is 12.3. The number of carbonyl (C=O) groups excluding carboxylic acids is 1. The number of hydrogen-bond acceptors (Lipinski definition) is 8. The van der Waals surface area contributed by atoms with E-state index in [1.807, 2.05) is 37.4 Å². The van der Waals surface area contributed by atoms with E-state index < -0.39 is 11.6 Å². The normalized spacial score (nSPS) is 10.5. The van der Waals surface area contributed by atoms with Crippen LogP contribution in [0.2, 0.25) is 0 Å². The molecule has 210 valence electrons. The van der Waals surface area contributed by atoms with Crippen LogP contribution in [-0.2, 0) is 4.89 Å². The molecule has 41 heavy (non-hydrogen) atoms. The van der Waals surface area contributed by atoms with Gasteiger partial charge in [0.2, 0.25) is 0 Å². The number of nitrogens with zero attached hydrogens (tertiary/aromatic N) is 2. The zero-order valence-electron chi connectivity index (χ0n) is 22.4. The maximum Gasteiger partial charge on any atom is 0.279 e. The Hall–Kier alpha value is -4.74. The van der Waals surface area contributed by atoms with Crippen molar-refractivity contribution in [2.45, 2.75) is 4.90 Å². The van der Waals surface area contributed by atoms with Crippen LogP contribution in [0.1, 0.15) is 10.4 Å². The maximum atomic E-state index is 12.3. The molecule has 3 aromatic carbocycles. The molecule has 0 bridgehead atoms. The third kappa shape index (κ3) is 6.89. The molecule has 0 aliphatic carbocycles. The fourth-order valence-corrected chi connectivity index (χ4v) is 4.11. The number of nitrogens with two attached hydrogens (primary N) is 1. The first-order chi connectivity index (χ1) is 19.7. The van der Waals surface area contributed by atoms with Gasteiger partial charge in [0.05, 0.1) is 18.3 Å². The van der Waals surface area contributed by atoms with Crippen molar-refractivity contribution in [2.75, 3.05) is 32.3 Å². The summed E-state index contributed by atoms with van der Waals surface area (Å²) in [5.74, 6) is -0.352. The van der Waals surface area contributed by atoms with E-state index in [-0.39, 0.29) is 16.7 Å². The van der Waals surface area contributed by atoms with Crippen molar-refractivity contribution in [1.29, 1.82) is 0 Å². The number of hydrogen-bond donors (Lipinski definition) is 4. The van der Waals surface area contributed by atoms with E-state index >= 15 is 0 Å². The molecular formula is C30H27F2N5O3S. The smallest absolute Gasteiger partial charge is 0.279 e. The fourth-order valence-electron chi connectivity index (χ4n) is 3.97. The molecule has 0 aliphatic heterocycles. The van der Waals surface area contributed by atoms with Gasteiger partial charge in [-0.3, -0.25) is 4.79 Å². The number of halogens is 2. The number of nitrogens with one attached hydrogen (secondary N) is 2. The van der Waals surface area contributed by atoms with Crippen LogP contribution in [0.25, 0.3) is 33.2 Å². The number of anilines is 2. The molecule has 5 aromatic rings. The molecule has 2 aromatic heterocycles. The zero-order chi connectivity index (χ0) is 29.5. The molecular weight excluding hydrogens is 548 g/mol. The molecule has 1 amide bonds. The van der Waals surface area contributed by atoms with Gasteiger partial charge in [-0.2, -0.15) is 4.89 Å². The van der Waals surface area contributed by atoms with E-state index in [2.05, 4.69) is 39.2 Å². The summed E-state index contributed by atoms with van der Waals surface area (Å²) in [5, 5.41) is 6.76. The van der Waals surface area contributed by atoms with Crippen molar-refractivity contribution >= 4 is 40.9 Å². The number of aromatic nitrogens is 2. The summed E-state index contributed by atoms with van der Waals surface area (Å²) in [6.07, 6.45) is 1.68. The van der Waals surface area contributed by atoms with Crippen LogP contribution >= 0.6 is 12.6 Å². The highest BCUT2D eigenvalue weighted by atomic mass is 32.1. The molecule has 0 aliphatic rings. The van der Waals surface area contributed by atoms with Crippen molar-refractivity contribution in [2.24, 2.45) is 0 Å². The van der Waals surface area contributed by atoms with Gasteiger partial charge in [-0.05, 0) is 59.7 Å². The molecule has 11 heteroatoms. The molecule has 5 rings (SSSR count). The Balaban J connectivity index is 0.000000367. The van der Waals surface area contributed by atoms with Gasteiger partial charge in [0.1, 0.15) is 17.5 Å². The van der Waals surface area contributed by atoms with Crippen molar-refractivity contribution in [3.63, 3.8) is 0 Å². The number of carbonyl (C=O) groups is 1. The Labute approximate surface area is 240 Å². The van der Waals surface area contributed by atoms with Gasteiger partial charge in [0.25, 0.3) is 11.8 Å². The SMILES string of the molecule is CNC(=O)c1ccc(-c2cc3cc(-c4cnc(OOC)c(N)c4)ccc3nc2NC)cc1.Fc1ccc(S)c(F)c1. The highest BCUT2D eigenvalue weighted by Crippen LogP contribution is 2.33. The number of amides is 1. The molecule has 2 heterocycles. The van der Waals surface area contributed by atoms with Crippen LogP contribution in [0, 0.1) is 11.6 Å². The topological polar surface area (TPSA) is 111 Å². The standard InChI is InChI=1S/C24H23N5O3.C6H4F2S/c1-26-22-19(14-4-6-15(7-5-14)23(30)27-2)11-17-10-16(8-9-21(17)29-22)18-12-20(25)24(28-13-18)32-31-3;7-4-1-2-6(9)5(8)3-4/h4-13H,25H2,1-3H3,(H,26,29)(H,27,30);1-3,9H. The molecule has 0 saturated carbocycles. The first kappa shape index (κ1) is 29.2. The average Bonchev–Trinajstić information content (AvgIpc) is 2.99. The van der Waals surface area contributed by atoms with Crippen LogP contribution < -0.4 is 21.3 Å². The number of nitrogen functional groups attached to an aromatic ring is 1. The van der Waals surface area contributed by atoms with Crippen molar-refractivity contribution in [1.82, 2.24) is 15.3 Å². The molecule has 8 nitrogen and oxygen atoms in total. The molecule has 0 saturated heterocycles. The fraction of sp³-hybridized carbons (Fsp3) is 0.100. The predicted octanol–water partition coefficient (Wildman–Crippen LogP) is 6.14. The van der Waals surface area contributed by atoms with E-state index in [0.29, 0.717) is 11.3 Å². The number of benzene rings is 3. The summed E-state index contributed by atoms with van der Waals surface area (Å²) in [6.45, 7) is 0. The van der Waals surface area contributed by atoms with E-state index in [9.17, 15) is 13.6 Å². The molecule has 0 fully saturated rings. The number of fused-ring (bicyclic) bond motifs is 1. The lowest BCUT2D eigenvalue weighted by Gasteiger charge is -2.12. The Bertz CT molecular complexity index is 1700. The highest BCUT2D eigenvalue weighted by Gasteiger charge is 2.12. The van der Waals surface area contributed by atoms with E-state index in [0.717, 1.165) is 51.1 Å². The minimum absolute atomic E-state index is 0.124. The number of pyridine rings is 2. The van der Waals surface area contributed by atoms with E-state index in [4.69, 9.17) is 15.6 Å². The lowest BCUT2D eigenvalue weighted by Crippen LogP contribution is -2.17. The van der Waals surface area contributed by atoms with Crippen LogP contribution in [0.5, 0.6) is 5.88 Å². The van der Waals surface area contributed by atoms with Gasteiger partial charge in [0, 0.05) is 53.3 Å². The summed E-state index contributed by atoms with van der Waals surface area (Å²) in [7, 11) is 4.85. The Morgan fingerprint density at radius 2 is 1.66 bits per heavy atom. The predicted molar refractivity (Wildman–Crippen MR) is 159 cm³/mol. The highest BCUT2D eigenvalue weighted by molar-refractivity contribution is 7.80. The third-order valence-corrected chi connectivity index (χ3v) is 6.38. The second kappa shape index (κ2) is 13.1. The zero-order valence-corrected chi connectivity index (χ0v) is 23.3. The van der Waals surface area contributed by atoms with Gasteiger partial charge in [0.15, 0.2) is 0 Å². The van der Waals surface area contributed by atoms with E-state index in [1.54, 1.807) is 31.4 Å². The van der Waals surface area contributed by atoms with Crippen LogP contribution in [0.3, 0.4) is 0 Å². The second-order valence-corrected chi connectivity index (χ2v) is 9.14. The Morgan fingerprint density at radius 3 is 2.27 bits per heavy atom. The third-order valence-electron chi connectivity index (χ3n) is 6.02. The van der Waals surface area contributed by atoms with Gasteiger partial charge in [-0.15, -0.1) is 12.6 Å². The largest absolute Gasteiger partial charge is 0.394 e. The summed E-state index contributed by atoms with van der Waals surface area (Å²) < 4.78 is 24.3. The van der Waals surface area contributed by atoms with Gasteiger partial charge >= 0.3 is 0 Å². The van der Waals surface area contributed by atoms with Crippen molar-refractivity contribution < 1.29 is 23.4 Å². The molecule has 0 atom stereocenters. The summed E-state index contributed by atoms with van der Waals surface area (Å²) >= 11 is 3.70. The minimum Gasteiger partial charge on any atom is -0.394 e. The first-order valence-electron chi connectivity index (χ1n) is 12.3. The molecule has 0 radical (unpaired) electrons. The van der Waals surface area contributed by atoms with Crippen LogP contribution in [-0.4, -0.2) is 37.1 Å². The van der Waals surface area contributed by atoms with Crippen LogP contribution in [0.15, 0.2) is 83.9 Å². The van der Waals surface area contributed by atoms with Crippen molar-refractivity contribution in [3.8, 4) is 28.1 Å². The molecule has 0 unspecified atom stereocenters. The Kier molecular flexibility index (Phi) is 9.33. The molecule has 4 N–H and O–H groups in total. The van der Waals surface area contributed by atoms with Gasteiger partial charge < -0.3 is 21.3 Å². The number of rotatable bonds is 6. The minimum atomic E-state index is -0.627. The first-order valence-corrected chi connectivity index (χ1v) is 12.7.